The van der Waals surface area contributed by atoms with Crippen molar-refractivity contribution in [3.05, 3.63) is 15.6 Å². The number of rotatable bonds is 6. The van der Waals surface area contributed by atoms with E-state index < -0.39 is 5.60 Å². The van der Waals surface area contributed by atoms with Crippen molar-refractivity contribution in [2.24, 2.45) is 0 Å². The molecule has 1 aromatic heterocycles. The van der Waals surface area contributed by atoms with Gasteiger partial charge in [-0.3, -0.25) is 0 Å². The fourth-order valence-electron chi connectivity index (χ4n) is 2.32. The second-order valence-corrected chi connectivity index (χ2v) is 8.36. The Kier molecular flexibility index (Phi) is 7.02. The average Bonchev–Trinajstić information content (AvgIpc) is 2.70. The lowest BCUT2D eigenvalue weighted by molar-refractivity contribution is 0.0192. The fourth-order valence-corrected chi connectivity index (χ4v) is 3.28. The van der Waals surface area contributed by atoms with Gasteiger partial charge in [-0.05, 0) is 55.4 Å². The van der Waals surface area contributed by atoms with E-state index in [9.17, 15) is 4.79 Å². The van der Waals surface area contributed by atoms with Gasteiger partial charge in [0, 0.05) is 30.1 Å². The van der Waals surface area contributed by atoms with Crippen LogP contribution in [0.2, 0.25) is 0 Å². The summed E-state index contributed by atoms with van der Waals surface area (Å²) in [5, 5.41) is 4.56. The highest BCUT2D eigenvalue weighted by Gasteiger charge is 2.24. The van der Waals surface area contributed by atoms with E-state index in [0.717, 1.165) is 17.2 Å². The first-order valence-electron chi connectivity index (χ1n) is 8.18. The normalized spacial score (nSPS) is 13.3. The summed E-state index contributed by atoms with van der Waals surface area (Å²) in [5.74, 6) is 0. The number of carbonyl (C=O) groups excluding carboxylic acids is 1. The Morgan fingerprint density at radius 1 is 1.30 bits per heavy atom. The average molecular weight is 342 g/mol. The van der Waals surface area contributed by atoms with Gasteiger partial charge in [0.25, 0.3) is 0 Å². The number of aryl methyl sites for hydroxylation is 2. The van der Waals surface area contributed by atoms with Crippen molar-refractivity contribution in [3.8, 4) is 0 Å². The summed E-state index contributed by atoms with van der Waals surface area (Å²) >= 11 is 1.72. The second-order valence-electron chi connectivity index (χ2n) is 7.13. The summed E-state index contributed by atoms with van der Waals surface area (Å²) in [5.41, 5.74) is 0.614. The number of ether oxygens (including phenoxy) is 1. The van der Waals surface area contributed by atoms with Crippen LogP contribution in [0.1, 0.15) is 63.2 Å². The first-order valence-corrected chi connectivity index (χ1v) is 9.00. The molecule has 0 bridgehead atoms. The minimum absolute atomic E-state index is 0.106. The summed E-state index contributed by atoms with van der Waals surface area (Å²) in [6, 6.07) is 0.336. The maximum Gasteiger partial charge on any atom is 0.410 e. The van der Waals surface area contributed by atoms with Crippen LogP contribution >= 0.6 is 11.3 Å². The first kappa shape index (κ1) is 19.9. The molecule has 23 heavy (non-hydrogen) atoms. The zero-order chi connectivity index (χ0) is 17.8. The Labute approximate surface area is 144 Å². The molecule has 0 saturated carbocycles. The van der Waals surface area contributed by atoms with Crippen molar-refractivity contribution in [2.45, 2.75) is 73.1 Å². The molecule has 5 nitrogen and oxygen atoms in total. The topological polar surface area (TPSA) is 54.5 Å². The van der Waals surface area contributed by atoms with Gasteiger partial charge in [0.1, 0.15) is 5.60 Å². The smallest absolute Gasteiger partial charge is 0.410 e. The molecule has 1 N–H and O–H groups in total. The molecule has 0 radical (unpaired) electrons. The van der Waals surface area contributed by atoms with Crippen LogP contribution in [0, 0.1) is 13.8 Å². The monoisotopic (exact) mass is 341 g/mol. The van der Waals surface area contributed by atoms with Crippen LogP contribution in [0.5, 0.6) is 0 Å². The molecule has 132 valence electrons. The van der Waals surface area contributed by atoms with Crippen molar-refractivity contribution in [1.82, 2.24) is 15.2 Å². The van der Waals surface area contributed by atoms with Crippen LogP contribution in [-0.2, 0) is 4.74 Å². The lowest BCUT2D eigenvalue weighted by atomic mass is 10.2. The van der Waals surface area contributed by atoms with E-state index in [0.29, 0.717) is 6.54 Å². The Bertz CT molecular complexity index is 520. The third kappa shape index (κ3) is 6.47. The van der Waals surface area contributed by atoms with Crippen molar-refractivity contribution >= 4 is 17.4 Å². The van der Waals surface area contributed by atoms with Crippen LogP contribution < -0.4 is 5.32 Å². The summed E-state index contributed by atoms with van der Waals surface area (Å²) in [6.07, 6.45) is -0.258. The van der Waals surface area contributed by atoms with Gasteiger partial charge in [0.05, 0.1) is 10.7 Å². The van der Waals surface area contributed by atoms with E-state index in [1.54, 1.807) is 16.2 Å². The molecule has 0 aliphatic carbocycles. The molecule has 1 rings (SSSR count). The molecule has 1 atom stereocenters. The molecule has 0 aliphatic rings. The SMILES string of the molecule is Cc1nc(C)c(C(C)NCCN(C(=O)OC(C)(C)C)C(C)C)s1. The first-order chi connectivity index (χ1) is 10.5. The molecule has 1 amide bonds. The zero-order valence-corrected chi connectivity index (χ0v) is 16.5. The number of hydrogen-bond acceptors (Lipinski definition) is 5. The maximum atomic E-state index is 12.3. The largest absolute Gasteiger partial charge is 0.444 e. The number of nitrogens with one attached hydrogen (secondary N) is 1. The lowest BCUT2D eigenvalue weighted by Crippen LogP contribution is -2.44. The highest BCUT2D eigenvalue weighted by atomic mass is 32.1. The third-order valence-electron chi connectivity index (χ3n) is 3.39. The van der Waals surface area contributed by atoms with Crippen LogP contribution in [0.4, 0.5) is 4.79 Å². The highest BCUT2D eigenvalue weighted by Crippen LogP contribution is 2.24. The quantitative estimate of drug-likeness (QED) is 0.848. The Hall–Kier alpha value is -1.14. The highest BCUT2D eigenvalue weighted by molar-refractivity contribution is 7.11. The van der Waals surface area contributed by atoms with Gasteiger partial charge < -0.3 is 15.0 Å². The number of carbonyl (C=O) groups is 1. The van der Waals surface area contributed by atoms with Gasteiger partial charge in [0.2, 0.25) is 0 Å². The standard InChI is InChI=1S/C17H31N3O2S/c1-11(2)20(16(21)22-17(6,7)8)10-9-18-12(3)15-13(4)19-14(5)23-15/h11-12,18H,9-10H2,1-8H3. The molecule has 1 aromatic rings. The Morgan fingerprint density at radius 3 is 2.35 bits per heavy atom. The molecule has 0 fully saturated rings. The fraction of sp³-hybridized carbons (Fsp3) is 0.765. The van der Waals surface area contributed by atoms with Gasteiger partial charge in [-0.25, -0.2) is 9.78 Å². The number of thiazole rings is 1. The number of aromatic nitrogens is 1. The van der Waals surface area contributed by atoms with E-state index >= 15 is 0 Å². The number of nitrogens with zero attached hydrogens (tertiary/aromatic N) is 2. The molecule has 0 aliphatic heterocycles. The van der Waals surface area contributed by atoms with Crippen molar-refractivity contribution in [2.75, 3.05) is 13.1 Å². The molecule has 0 spiro atoms. The Morgan fingerprint density at radius 2 is 1.91 bits per heavy atom. The number of hydrogen-bond donors (Lipinski definition) is 1. The second kappa shape index (κ2) is 8.11. The molecular weight excluding hydrogens is 310 g/mol. The van der Waals surface area contributed by atoms with Gasteiger partial charge in [0.15, 0.2) is 0 Å². The van der Waals surface area contributed by atoms with Gasteiger partial charge in [-0.15, -0.1) is 11.3 Å². The van der Waals surface area contributed by atoms with Gasteiger partial charge in [-0.1, -0.05) is 0 Å². The van der Waals surface area contributed by atoms with Gasteiger partial charge >= 0.3 is 6.09 Å². The van der Waals surface area contributed by atoms with Crippen LogP contribution in [0.3, 0.4) is 0 Å². The predicted molar refractivity (Wildman–Crippen MR) is 96.1 cm³/mol. The van der Waals surface area contributed by atoms with Crippen LogP contribution in [-0.4, -0.2) is 40.7 Å². The minimum Gasteiger partial charge on any atom is -0.444 e. The molecule has 1 unspecified atom stereocenters. The molecule has 1 heterocycles. The lowest BCUT2D eigenvalue weighted by Gasteiger charge is -2.30. The molecule has 0 saturated heterocycles. The molecule has 6 heteroatoms. The summed E-state index contributed by atoms with van der Waals surface area (Å²) in [4.78, 5) is 19.8. The van der Waals surface area contributed by atoms with Crippen molar-refractivity contribution in [1.29, 1.82) is 0 Å². The summed E-state index contributed by atoms with van der Waals surface area (Å²) in [6.45, 7) is 17.2. The van der Waals surface area contributed by atoms with Gasteiger partial charge in [-0.2, -0.15) is 0 Å². The third-order valence-corrected chi connectivity index (χ3v) is 4.64. The van der Waals surface area contributed by atoms with E-state index in [4.69, 9.17) is 4.74 Å². The maximum absolute atomic E-state index is 12.3. The van der Waals surface area contributed by atoms with E-state index in [1.807, 2.05) is 48.5 Å². The Balaban J connectivity index is 2.56. The molecular formula is C17H31N3O2S. The van der Waals surface area contributed by atoms with E-state index in [2.05, 4.69) is 17.2 Å². The summed E-state index contributed by atoms with van der Waals surface area (Å²) in [7, 11) is 0. The predicted octanol–water partition coefficient (Wildman–Crippen LogP) is 4.06. The minimum atomic E-state index is -0.470. The van der Waals surface area contributed by atoms with E-state index in [-0.39, 0.29) is 18.2 Å². The van der Waals surface area contributed by atoms with E-state index in [1.165, 1.54) is 4.88 Å². The van der Waals surface area contributed by atoms with Crippen molar-refractivity contribution in [3.63, 3.8) is 0 Å². The molecule has 0 aromatic carbocycles. The van der Waals surface area contributed by atoms with Crippen LogP contribution in [0.15, 0.2) is 0 Å². The summed E-state index contributed by atoms with van der Waals surface area (Å²) < 4.78 is 5.48. The van der Waals surface area contributed by atoms with Crippen molar-refractivity contribution < 1.29 is 9.53 Å². The van der Waals surface area contributed by atoms with Crippen LogP contribution in [0.25, 0.3) is 0 Å². The number of amides is 1. The zero-order valence-electron chi connectivity index (χ0n) is 15.7.